The number of hydrogen-bond donors (Lipinski definition) is 0. The molecule has 0 aromatic heterocycles. The molecule has 1 aromatic carbocycles. The summed E-state index contributed by atoms with van der Waals surface area (Å²) in [6.07, 6.45) is 0.956. The highest BCUT2D eigenvalue weighted by atomic mass is 32.2. The Balaban J connectivity index is 1.81. The van der Waals surface area contributed by atoms with Crippen LogP contribution in [0.2, 0.25) is 0 Å². The van der Waals surface area contributed by atoms with Crippen LogP contribution in [-0.2, 0) is 16.4 Å². The van der Waals surface area contributed by atoms with E-state index >= 15 is 0 Å². The van der Waals surface area contributed by atoms with Gasteiger partial charge in [-0.05, 0) is 31.0 Å². The molecule has 1 aliphatic heterocycles. The van der Waals surface area contributed by atoms with Crippen LogP contribution in [0.1, 0.15) is 12.5 Å². The summed E-state index contributed by atoms with van der Waals surface area (Å²) in [5.41, 5.74) is 1.25. The summed E-state index contributed by atoms with van der Waals surface area (Å²) in [7, 11) is -1.36. The molecule has 1 aliphatic rings. The van der Waals surface area contributed by atoms with Gasteiger partial charge in [0, 0.05) is 32.7 Å². The molecule has 5 nitrogen and oxygen atoms in total. The molecule has 0 saturated carbocycles. The van der Waals surface area contributed by atoms with E-state index in [1.54, 1.807) is 18.3 Å². The van der Waals surface area contributed by atoms with Crippen molar-refractivity contribution in [2.75, 3.05) is 45.6 Å². The van der Waals surface area contributed by atoms with Crippen LogP contribution in [0.25, 0.3) is 0 Å². The van der Waals surface area contributed by atoms with Crippen LogP contribution in [0.15, 0.2) is 24.3 Å². The van der Waals surface area contributed by atoms with Gasteiger partial charge >= 0.3 is 0 Å². The van der Waals surface area contributed by atoms with Crippen molar-refractivity contribution in [3.63, 3.8) is 0 Å². The number of piperazine rings is 1. The van der Waals surface area contributed by atoms with Gasteiger partial charge in [0.05, 0.1) is 12.9 Å². The van der Waals surface area contributed by atoms with Gasteiger partial charge in [0.2, 0.25) is 10.0 Å². The topological polar surface area (TPSA) is 49.9 Å². The van der Waals surface area contributed by atoms with E-state index in [4.69, 9.17) is 4.74 Å². The third-order valence-electron chi connectivity index (χ3n) is 3.94. The first-order valence-electron chi connectivity index (χ1n) is 7.38. The lowest BCUT2D eigenvalue weighted by Gasteiger charge is -2.33. The second-order valence-electron chi connectivity index (χ2n) is 5.24. The second kappa shape index (κ2) is 7.24. The minimum Gasteiger partial charge on any atom is -0.497 e. The SMILES string of the molecule is CCS(=O)(=O)N1CCN(CCc2cccc(OC)c2)CC1. The molecule has 2 rings (SSSR count). The van der Waals surface area contributed by atoms with Crippen molar-refractivity contribution in [3.05, 3.63) is 29.8 Å². The van der Waals surface area contributed by atoms with Gasteiger partial charge in [0.1, 0.15) is 5.75 Å². The first-order valence-corrected chi connectivity index (χ1v) is 8.99. The van der Waals surface area contributed by atoms with Crippen LogP contribution in [0.3, 0.4) is 0 Å². The van der Waals surface area contributed by atoms with Gasteiger partial charge in [0.15, 0.2) is 0 Å². The predicted octanol–water partition coefficient (Wildman–Crippen LogP) is 1.20. The molecule has 0 radical (unpaired) electrons. The molecular weight excluding hydrogens is 288 g/mol. The summed E-state index contributed by atoms with van der Waals surface area (Å²) >= 11 is 0. The summed E-state index contributed by atoms with van der Waals surface area (Å²) in [5.74, 6) is 1.07. The van der Waals surface area contributed by atoms with Crippen molar-refractivity contribution in [2.24, 2.45) is 0 Å². The van der Waals surface area contributed by atoms with Gasteiger partial charge in [-0.15, -0.1) is 0 Å². The summed E-state index contributed by atoms with van der Waals surface area (Å²) in [5, 5.41) is 0. The minimum atomic E-state index is -3.03. The fraction of sp³-hybridized carbons (Fsp3) is 0.600. The van der Waals surface area contributed by atoms with Gasteiger partial charge in [-0.2, -0.15) is 4.31 Å². The Bertz CT molecular complexity index is 552. The number of ether oxygens (including phenoxy) is 1. The Hall–Kier alpha value is -1.11. The molecule has 21 heavy (non-hydrogen) atoms. The first-order chi connectivity index (χ1) is 10.0. The molecule has 118 valence electrons. The molecule has 0 spiro atoms. The summed E-state index contributed by atoms with van der Waals surface area (Å²) < 4.78 is 30.4. The van der Waals surface area contributed by atoms with Crippen molar-refractivity contribution >= 4 is 10.0 Å². The Morgan fingerprint density at radius 3 is 2.52 bits per heavy atom. The Labute approximate surface area is 127 Å². The largest absolute Gasteiger partial charge is 0.497 e. The van der Waals surface area contributed by atoms with E-state index in [-0.39, 0.29) is 5.75 Å². The van der Waals surface area contributed by atoms with Crippen LogP contribution >= 0.6 is 0 Å². The highest BCUT2D eigenvalue weighted by Crippen LogP contribution is 2.14. The van der Waals surface area contributed by atoms with E-state index in [0.717, 1.165) is 31.8 Å². The van der Waals surface area contributed by atoms with E-state index in [9.17, 15) is 8.42 Å². The molecule has 0 aliphatic carbocycles. The van der Waals surface area contributed by atoms with Gasteiger partial charge in [-0.3, -0.25) is 0 Å². The van der Waals surface area contributed by atoms with Crippen LogP contribution in [0.4, 0.5) is 0 Å². The lowest BCUT2D eigenvalue weighted by atomic mass is 10.1. The average molecular weight is 312 g/mol. The highest BCUT2D eigenvalue weighted by Gasteiger charge is 2.24. The first kappa shape index (κ1) is 16.3. The molecule has 1 aromatic rings. The van der Waals surface area contributed by atoms with Crippen molar-refractivity contribution in [1.29, 1.82) is 0 Å². The van der Waals surface area contributed by atoms with Crippen LogP contribution in [0, 0.1) is 0 Å². The lowest BCUT2D eigenvalue weighted by molar-refractivity contribution is 0.190. The van der Waals surface area contributed by atoms with Gasteiger partial charge in [0.25, 0.3) is 0 Å². The summed E-state index contributed by atoms with van der Waals surface area (Å²) in [6.45, 7) is 5.48. The molecule has 0 unspecified atom stereocenters. The predicted molar refractivity (Wildman–Crippen MR) is 84.2 cm³/mol. The maximum Gasteiger partial charge on any atom is 0.213 e. The Kier molecular flexibility index (Phi) is 5.61. The third-order valence-corrected chi connectivity index (χ3v) is 5.82. The smallest absolute Gasteiger partial charge is 0.213 e. The van der Waals surface area contributed by atoms with Crippen molar-refractivity contribution in [1.82, 2.24) is 9.21 Å². The normalized spacial score (nSPS) is 17.8. The molecule has 0 bridgehead atoms. The fourth-order valence-corrected chi connectivity index (χ4v) is 3.61. The van der Waals surface area contributed by atoms with Gasteiger partial charge < -0.3 is 9.64 Å². The highest BCUT2D eigenvalue weighted by molar-refractivity contribution is 7.89. The van der Waals surface area contributed by atoms with Crippen LogP contribution in [0.5, 0.6) is 5.75 Å². The van der Waals surface area contributed by atoms with Gasteiger partial charge in [-0.1, -0.05) is 12.1 Å². The Morgan fingerprint density at radius 1 is 1.19 bits per heavy atom. The van der Waals surface area contributed by atoms with E-state index in [2.05, 4.69) is 17.0 Å². The molecule has 0 atom stereocenters. The molecule has 0 amide bonds. The quantitative estimate of drug-likeness (QED) is 0.792. The van der Waals surface area contributed by atoms with E-state index in [0.29, 0.717) is 13.1 Å². The lowest BCUT2D eigenvalue weighted by Crippen LogP contribution is -2.49. The molecule has 6 heteroatoms. The summed E-state index contributed by atoms with van der Waals surface area (Å²) in [6, 6.07) is 8.09. The number of methoxy groups -OCH3 is 1. The number of rotatable bonds is 6. The van der Waals surface area contributed by atoms with E-state index in [1.807, 2.05) is 12.1 Å². The third kappa shape index (κ3) is 4.43. The van der Waals surface area contributed by atoms with E-state index < -0.39 is 10.0 Å². The number of nitrogens with zero attached hydrogens (tertiary/aromatic N) is 2. The number of hydrogen-bond acceptors (Lipinski definition) is 4. The zero-order valence-corrected chi connectivity index (χ0v) is 13.6. The fourth-order valence-electron chi connectivity index (χ4n) is 2.53. The molecular formula is C15H24N2O3S. The van der Waals surface area contributed by atoms with Crippen molar-refractivity contribution in [3.8, 4) is 5.75 Å². The maximum atomic E-state index is 11.8. The molecule has 1 heterocycles. The Morgan fingerprint density at radius 2 is 1.90 bits per heavy atom. The zero-order chi connectivity index (χ0) is 15.3. The zero-order valence-electron chi connectivity index (χ0n) is 12.8. The van der Waals surface area contributed by atoms with Crippen LogP contribution < -0.4 is 4.74 Å². The maximum absolute atomic E-state index is 11.8. The van der Waals surface area contributed by atoms with Crippen molar-refractivity contribution in [2.45, 2.75) is 13.3 Å². The van der Waals surface area contributed by atoms with Gasteiger partial charge in [-0.25, -0.2) is 8.42 Å². The number of sulfonamides is 1. The van der Waals surface area contributed by atoms with Crippen LogP contribution in [-0.4, -0.2) is 63.2 Å². The van der Waals surface area contributed by atoms with Crippen molar-refractivity contribution < 1.29 is 13.2 Å². The standard InChI is InChI=1S/C15H24N2O3S/c1-3-21(18,19)17-11-9-16(10-12-17)8-7-14-5-4-6-15(13-14)20-2/h4-6,13H,3,7-12H2,1-2H3. The molecule has 1 fully saturated rings. The molecule has 0 N–H and O–H groups in total. The molecule has 1 saturated heterocycles. The van der Waals surface area contributed by atoms with E-state index in [1.165, 1.54) is 5.56 Å². The monoisotopic (exact) mass is 312 g/mol. The average Bonchev–Trinajstić information content (AvgIpc) is 2.53. The second-order valence-corrected chi connectivity index (χ2v) is 7.50. The summed E-state index contributed by atoms with van der Waals surface area (Å²) in [4.78, 5) is 2.32. The number of benzene rings is 1. The minimum absolute atomic E-state index is 0.191.